The topological polar surface area (TPSA) is 130 Å². The van der Waals surface area contributed by atoms with E-state index in [0.717, 1.165) is 11.3 Å². The van der Waals surface area contributed by atoms with E-state index in [4.69, 9.17) is 23.2 Å². The third kappa shape index (κ3) is 4.70. The Morgan fingerprint density at radius 1 is 1.11 bits per heavy atom. The van der Waals surface area contributed by atoms with Crippen LogP contribution in [0.5, 0.6) is 5.75 Å². The van der Waals surface area contributed by atoms with Crippen LogP contribution < -0.4 is 5.56 Å². The largest absolute Gasteiger partial charge is 0.501 e. The first-order valence-corrected chi connectivity index (χ1v) is 15.0. The summed E-state index contributed by atoms with van der Waals surface area (Å²) < 4.78 is 26.9. The molecule has 10 nitrogen and oxygen atoms in total. The minimum absolute atomic E-state index is 0.108. The molecule has 14 heteroatoms. The van der Waals surface area contributed by atoms with Crippen molar-refractivity contribution in [3.8, 4) is 5.75 Å². The molecule has 1 N–H and O–H groups in total. The number of rotatable bonds is 6. The first-order valence-electron chi connectivity index (χ1n) is 11.7. The number of carbonyl (C=O) groups excluding carboxylic acids is 2. The van der Waals surface area contributed by atoms with Gasteiger partial charge < -0.3 is 19.5 Å². The quantitative estimate of drug-likeness (QED) is 0.462. The monoisotopic (exact) mass is 596 g/mol. The Kier molecular flexibility index (Phi) is 7.25. The van der Waals surface area contributed by atoms with E-state index in [-0.39, 0.29) is 56.7 Å². The van der Waals surface area contributed by atoms with Crippen LogP contribution in [0.1, 0.15) is 45.6 Å². The van der Waals surface area contributed by atoms with Crippen LogP contribution in [0.25, 0.3) is 0 Å². The Morgan fingerprint density at radius 2 is 1.84 bits per heavy atom. The molecule has 200 valence electrons. The number of sulfone groups is 1. The van der Waals surface area contributed by atoms with Crippen molar-refractivity contribution < 1.29 is 23.1 Å². The molecular formula is C24H22Cl2N4O6S2. The number of benzene rings is 1. The summed E-state index contributed by atoms with van der Waals surface area (Å²) in [5.74, 6) is -2.04. The van der Waals surface area contributed by atoms with Crippen molar-refractivity contribution >= 4 is 56.2 Å². The molecule has 0 saturated carbocycles. The van der Waals surface area contributed by atoms with Gasteiger partial charge in [0.1, 0.15) is 10.0 Å². The van der Waals surface area contributed by atoms with Crippen molar-refractivity contribution in [2.45, 2.75) is 29.6 Å². The maximum atomic E-state index is 13.4. The normalized spacial score (nSPS) is 17.6. The lowest BCUT2D eigenvalue weighted by Crippen LogP contribution is -2.46. The predicted molar refractivity (Wildman–Crippen MR) is 142 cm³/mol. The lowest BCUT2D eigenvalue weighted by atomic mass is 10.1. The van der Waals surface area contributed by atoms with E-state index < -0.39 is 39.0 Å². The highest BCUT2D eigenvalue weighted by molar-refractivity contribution is 7.93. The molecule has 1 fully saturated rings. The van der Waals surface area contributed by atoms with Crippen molar-refractivity contribution in [3.63, 3.8) is 0 Å². The lowest BCUT2D eigenvalue weighted by Gasteiger charge is -2.34. The van der Waals surface area contributed by atoms with Gasteiger partial charge in [0.05, 0.1) is 27.4 Å². The molecule has 1 saturated heterocycles. The van der Waals surface area contributed by atoms with E-state index in [0.29, 0.717) is 19.4 Å². The van der Waals surface area contributed by atoms with Gasteiger partial charge in [-0.3, -0.25) is 14.4 Å². The minimum Gasteiger partial charge on any atom is -0.501 e. The molecule has 1 aromatic carbocycles. The highest BCUT2D eigenvalue weighted by atomic mass is 35.5. The number of hydrogen-bond acceptors (Lipinski definition) is 8. The summed E-state index contributed by atoms with van der Waals surface area (Å²) in [6, 6.07) is 7.23. The number of thiophene rings is 1. The highest BCUT2D eigenvalue weighted by Crippen LogP contribution is 2.36. The second kappa shape index (κ2) is 10.3. The smallest absolute Gasteiger partial charge is 0.315 e. The van der Waals surface area contributed by atoms with E-state index in [2.05, 4.69) is 4.98 Å². The van der Waals surface area contributed by atoms with Crippen molar-refractivity contribution in [3.05, 3.63) is 73.2 Å². The molecule has 0 bridgehead atoms. The highest BCUT2D eigenvalue weighted by Gasteiger charge is 2.39. The fraction of sp³-hybridized carbons (Fsp3) is 0.333. The molecule has 4 heterocycles. The summed E-state index contributed by atoms with van der Waals surface area (Å²) in [5.41, 5.74) is -1.13. The van der Waals surface area contributed by atoms with Crippen LogP contribution in [0, 0.1) is 0 Å². The number of fused-ring (bicyclic) bond motifs is 1. The van der Waals surface area contributed by atoms with Gasteiger partial charge in [-0.25, -0.2) is 8.42 Å². The maximum absolute atomic E-state index is 13.4. The van der Waals surface area contributed by atoms with Crippen LogP contribution in [0.15, 0.2) is 44.7 Å². The Morgan fingerprint density at radius 3 is 2.53 bits per heavy atom. The average Bonchev–Trinajstić information content (AvgIpc) is 3.58. The van der Waals surface area contributed by atoms with Crippen LogP contribution in [0.4, 0.5) is 0 Å². The zero-order chi connectivity index (χ0) is 27.2. The van der Waals surface area contributed by atoms with Gasteiger partial charge in [0.25, 0.3) is 11.8 Å². The maximum Gasteiger partial charge on any atom is 0.315 e. The standard InChI is InChI=1S/C24H22Cl2N4O6S2/c25-14-4-1-5-15(26)18(14)23(33)29-8-2-6-16(29)21-27-22(32)20(31)19-24(34)28(9-10-30(19)21)11-13-38(35,36)17-7-3-12-37-17/h1,3-5,7,12,16,31H,2,6,8-11,13H2. The molecule has 3 aromatic rings. The van der Waals surface area contributed by atoms with Crippen molar-refractivity contribution in [1.82, 2.24) is 19.4 Å². The summed E-state index contributed by atoms with van der Waals surface area (Å²) >= 11 is 13.6. The lowest BCUT2D eigenvalue weighted by molar-refractivity contribution is 0.0689. The summed E-state index contributed by atoms with van der Waals surface area (Å²) in [6.07, 6.45) is 1.09. The zero-order valence-corrected chi connectivity index (χ0v) is 23.0. The molecule has 2 amide bonds. The van der Waals surface area contributed by atoms with Gasteiger partial charge in [-0.1, -0.05) is 35.3 Å². The number of likely N-dealkylation sites (tertiary alicyclic amines) is 1. The summed E-state index contributed by atoms with van der Waals surface area (Å²) in [4.78, 5) is 46.3. The van der Waals surface area contributed by atoms with E-state index in [1.807, 2.05) is 0 Å². The fourth-order valence-electron chi connectivity index (χ4n) is 4.84. The third-order valence-electron chi connectivity index (χ3n) is 6.69. The average molecular weight is 598 g/mol. The van der Waals surface area contributed by atoms with Gasteiger partial charge >= 0.3 is 5.56 Å². The zero-order valence-electron chi connectivity index (χ0n) is 19.8. The Bertz CT molecular complexity index is 1570. The van der Waals surface area contributed by atoms with Crippen molar-refractivity contribution in [2.24, 2.45) is 0 Å². The first kappa shape index (κ1) is 26.7. The number of aromatic hydroxyl groups is 1. The summed E-state index contributed by atoms with van der Waals surface area (Å²) in [7, 11) is -3.59. The molecule has 0 spiro atoms. The molecule has 2 aliphatic heterocycles. The molecule has 1 atom stereocenters. The SMILES string of the molecule is O=C1c2c(O)c(=O)nc(C3CCCN3C(=O)c3c(Cl)cccc3Cl)n2CCN1CCS(=O)(=O)c1cccs1. The van der Waals surface area contributed by atoms with E-state index in [9.17, 15) is 27.9 Å². The number of halogens is 2. The number of nitrogens with zero attached hydrogens (tertiary/aromatic N) is 4. The predicted octanol–water partition coefficient (Wildman–Crippen LogP) is 3.22. The second-order valence-electron chi connectivity index (χ2n) is 8.92. The van der Waals surface area contributed by atoms with Crippen LogP contribution in [-0.4, -0.2) is 70.1 Å². The number of hydrogen-bond donors (Lipinski definition) is 1. The van der Waals surface area contributed by atoms with Crippen LogP contribution in [0.3, 0.4) is 0 Å². The molecule has 5 rings (SSSR count). The Balaban J connectivity index is 1.46. The number of amides is 2. The second-order valence-corrected chi connectivity index (χ2v) is 13.0. The number of carbonyl (C=O) groups is 2. The summed E-state index contributed by atoms with van der Waals surface area (Å²) in [6.45, 7) is 0.544. The Labute approximate surface area is 232 Å². The van der Waals surface area contributed by atoms with Gasteiger partial charge in [-0.05, 0) is 36.4 Å². The molecule has 2 aromatic heterocycles. The van der Waals surface area contributed by atoms with Crippen LogP contribution in [-0.2, 0) is 16.4 Å². The molecular weight excluding hydrogens is 575 g/mol. The molecule has 38 heavy (non-hydrogen) atoms. The Hall–Kier alpha value is -2.93. The van der Waals surface area contributed by atoms with E-state index in [1.165, 1.54) is 20.4 Å². The first-order chi connectivity index (χ1) is 18.1. The molecule has 1 unspecified atom stereocenters. The molecule has 0 aliphatic carbocycles. The van der Waals surface area contributed by atoms with Gasteiger partial charge in [-0.15, -0.1) is 11.3 Å². The van der Waals surface area contributed by atoms with Crippen LogP contribution in [0.2, 0.25) is 10.0 Å². The number of aromatic nitrogens is 2. The van der Waals surface area contributed by atoms with Crippen molar-refractivity contribution in [1.29, 1.82) is 0 Å². The third-order valence-corrected chi connectivity index (χ3v) is 10.5. The van der Waals surface area contributed by atoms with Gasteiger partial charge in [0.2, 0.25) is 5.75 Å². The van der Waals surface area contributed by atoms with E-state index in [1.54, 1.807) is 29.6 Å². The van der Waals surface area contributed by atoms with Crippen LogP contribution >= 0.6 is 34.5 Å². The molecule has 0 radical (unpaired) electrons. The van der Waals surface area contributed by atoms with Crippen molar-refractivity contribution in [2.75, 3.05) is 25.4 Å². The molecule has 2 aliphatic rings. The van der Waals surface area contributed by atoms with Gasteiger partial charge in [-0.2, -0.15) is 4.98 Å². The van der Waals surface area contributed by atoms with Gasteiger partial charge in [0.15, 0.2) is 15.5 Å². The minimum atomic E-state index is -3.59. The summed E-state index contributed by atoms with van der Waals surface area (Å²) in [5, 5.41) is 12.6. The van der Waals surface area contributed by atoms with E-state index >= 15 is 0 Å². The fourth-order valence-corrected chi connectivity index (χ4v) is 7.80. The van der Waals surface area contributed by atoms with Gasteiger partial charge in [0, 0.05) is 26.2 Å².